The molecule has 2 fully saturated rings. The number of hydrogen-bond donors (Lipinski definition) is 1. The molecule has 2 heteroatoms. The molecule has 4 atom stereocenters. The van der Waals surface area contributed by atoms with Crippen LogP contribution >= 0.6 is 0 Å². The third-order valence-electron chi connectivity index (χ3n) is 3.45. The zero-order valence-corrected chi connectivity index (χ0v) is 6.92. The summed E-state index contributed by atoms with van der Waals surface area (Å²) < 4.78 is 0. The fraction of sp³-hybridized carbons (Fsp3) is 0.889. The summed E-state index contributed by atoms with van der Waals surface area (Å²) in [5.74, 6) is 1.81. The molecule has 0 aromatic rings. The van der Waals surface area contributed by atoms with Gasteiger partial charge in [-0.1, -0.05) is 0 Å². The largest absolute Gasteiger partial charge is 0.327 e. The van der Waals surface area contributed by atoms with E-state index in [1.165, 1.54) is 19.3 Å². The van der Waals surface area contributed by atoms with Crippen LogP contribution in [0.4, 0.5) is 0 Å². The Balaban J connectivity index is 2.17. The molecule has 2 N–H and O–H groups in total. The summed E-state index contributed by atoms with van der Waals surface area (Å²) in [6.07, 6.45) is 3.71. The highest BCUT2D eigenvalue weighted by atomic mass is 16.1. The summed E-state index contributed by atoms with van der Waals surface area (Å²) >= 11 is 0. The van der Waals surface area contributed by atoms with Gasteiger partial charge in [0.25, 0.3) is 0 Å². The first-order valence-corrected chi connectivity index (χ1v) is 4.46. The Morgan fingerprint density at radius 3 is 2.36 bits per heavy atom. The van der Waals surface area contributed by atoms with Gasteiger partial charge in [-0.05, 0) is 38.0 Å². The first-order chi connectivity index (χ1) is 5.20. The maximum atomic E-state index is 11.2. The van der Waals surface area contributed by atoms with Gasteiger partial charge in [0.15, 0.2) is 0 Å². The molecule has 0 aromatic heterocycles. The summed E-state index contributed by atoms with van der Waals surface area (Å²) in [5.41, 5.74) is 5.94. The number of nitrogens with two attached hydrogens (primary N) is 1. The molecule has 62 valence electrons. The van der Waals surface area contributed by atoms with Gasteiger partial charge in [0.1, 0.15) is 5.78 Å². The molecule has 0 saturated heterocycles. The fourth-order valence-electron chi connectivity index (χ4n) is 2.94. The summed E-state index contributed by atoms with van der Waals surface area (Å²) in [5, 5.41) is 0. The van der Waals surface area contributed by atoms with Gasteiger partial charge in [-0.2, -0.15) is 0 Å². The minimum absolute atomic E-state index is 0.186. The molecule has 2 aliphatic rings. The first kappa shape index (κ1) is 7.29. The van der Waals surface area contributed by atoms with E-state index < -0.39 is 0 Å². The van der Waals surface area contributed by atoms with E-state index in [9.17, 15) is 4.79 Å². The van der Waals surface area contributed by atoms with Crippen LogP contribution in [-0.2, 0) is 4.79 Å². The zero-order valence-electron chi connectivity index (χ0n) is 6.92. The van der Waals surface area contributed by atoms with Crippen molar-refractivity contribution in [2.75, 3.05) is 0 Å². The lowest BCUT2D eigenvalue weighted by Crippen LogP contribution is -2.39. The number of rotatable bonds is 1. The van der Waals surface area contributed by atoms with Crippen molar-refractivity contribution in [3.8, 4) is 0 Å². The van der Waals surface area contributed by atoms with E-state index in [0.29, 0.717) is 17.6 Å². The quantitative estimate of drug-likeness (QED) is 0.609. The van der Waals surface area contributed by atoms with E-state index in [0.717, 1.165) is 0 Å². The van der Waals surface area contributed by atoms with Crippen LogP contribution < -0.4 is 5.73 Å². The molecule has 2 bridgehead atoms. The van der Waals surface area contributed by atoms with Crippen molar-refractivity contribution in [2.45, 2.75) is 32.2 Å². The second kappa shape index (κ2) is 2.31. The number of ketones is 1. The van der Waals surface area contributed by atoms with Gasteiger partial charge in [-0.3, -0.25) is 4.79 Å². The Morgan fingerprint density at radius 1 is 1.36 bits per heavy atom. The average molecular weight is 153 g/mol. The normalized spacial score (nSPS) is 48.2. The molecule has 11 heavy (non-hydrogen) atoms. The maximum Gasteiger partial charge on any atom is 0.134 e. The number of Topliss-reactive ketones (excluding diaryl/α,β-unsaturated/α-hetero) is 1. The number of carbonyl (C=O) groups is 1. The molecule has 2 nitrogen and oxygen atoms in total. The molecule has 2 saturated carbocycles. The highest BCUT2D eigenvalue weighted by molar-refractivity contribution is 5.80. The molecule has 0 aliphatic heterocycles. The van der Waals surface area contributed by atoms with Gasteiger partial charge < -0.3 is 5.73 Å². The summed E-state index contributed by atoms with van der Waals surface area (Å²) in [6.45, 7) is 1.69. The van der Waals surface area contributed by atoms with Crippen molar-refractivity contribution in [3.05, 3.63) is 0 Å². The Bertz CT molecular complexity index is 188. The number of carbonyl (C=O) groups excluding carboxylic acids is 1. The maximum absolute atomic E-state index is 11.2. The second-order valence-corrected chi connectivity index (χ2v) is 4.05. The van der Waals surface area contributed by atoms with Gasteiger partial charge >= 0.3 is 0 Å². The Labute approximate surface area is 67.1 Å². The standard InChI is InChI=1S/C9H15NO/c1-5(11)8-6-2-3-7(4-6)9(8)10/h6-9H,2-4,10H2,1H3/t6-,7-,8-,9-/m0/s1. The van der Waals surface area contributed by atoms with Crippen molar-refractivity contribution < 1.29 is 4.79 Å². The van der Waals surface area contributed by atoms with Crippen LogP contribution in [0, 0.1) is 17.8 Å². The van der Waals surface area contributed by atoms with E-state index in [1.54, 1.807) is 6.92 Å². The summed E-state index contributed by atoms with van der Waals surface area (Å²) in [4.78, 5) is 11.2. The van der Waals surface area contributed by atoms with Crippen molar-refractivity contribution in [3.63, 3.8) is 0 Å². The summed E-state index contributed by atoms with van der Waals surface area (Å²) in [6, 6.07) is 0.186. The Morgan fingerprint density at radius 2 is 2.00 bits per heavy atom. The molecule has 0 unspecified atom stereocenters. The molecule has 0 amide bonds. The lowest BCUT2D eigenvalue weighted by atomic mass is 9.83. The van der Waals surface area contributed by atoms with E-state index in [-0.39, 0.29) is 12.0 Å². The van der Waals surface area contributed by atoms with E-state index in [1.807, 2.05) is 0 Å². The van der Waals surface area contributed by atoms with Crippen LogP contribution in [0.15, 0.2) is 0 Å². The Kier molecular flexibility index (Phi) is 1.53. The van der Waals surface area contributed by atoms with Crippen molar-refractivity contribution >= 4 is 5.78 Å². The van der Waals surface area contributed by atoms with Crippen LogP contribution in [0.3, 0.4) is 0 Å². The lowest BCUT2D eigenvalue weighted by Gasteiger charge is -2.25. The van der Waals surface area contributed by atoms with Gasteiger partial charge in [-0.25, -0.2) is 0 Å². The van der Waals surface area contributed by atoms with E-state index in [4.69, 9.17) is 5.73 Å². The van der Waals surface area contributed by atoms with Gasteiger partial charge in [0.05, 0.1) is 0 Å². The zero-order chi connectivity index (χ0) is 8.01. The minimum atomic E-state index is 0.186. The monoisotopic (exact) mass is 153 g/mol. The molecule has 0 aromatic carbocycles. The first-order valence-electron chi connectivity index (χ1n) is 4.46. The summed E-state index contributed by atoms with van der Waals surface area (Å²) in [7, 11) is 0. The molecule has 2 rings (SSSR count). The molecule has 0 spiro atoms. The highest BCUT2D eigenvalue weighted by Crippen LogP contribution is 2.47. The van der Waals surface area contributed by atoms with E-state index >= 15 is 0 Å². The molecular weight excluding hydrogens is 138 g/mol. The molecule has 0 radical (unpaired) electrons. The Hall–Kier alpha value is -0.370. The molecule has 0 heterocycles. The van der Waals surface area contributed by atoms with Crippen molar-refractivity contribution in [1.82, 2.24) is 0 Å². The topological polar surface area (TPSA) is 43.1 Å². The van der Waals surface area contributed by atoms with Gasteiger partial charge in [-0.15, -0.1) is 0 Å². The van der Waals surface area contributed by atoms with Crippen LogP contribution in [-0.4, -0.2) is 11.8 Å². The van der Waals surface area contributed by atoms with Crippen LogP contribution in [0.25, 0.3) is 0 Å². The van der Waals surface area contributed by atoms with E-state index in [2.05, 4.69) is 0 Å². The number of hydrogen-bond acceptors (Lipinski definition) is 2. The minimum Gasteiger partial charge on any atom is -0.327 e. The third-order valence-corrected chi connectivity index (χ3v) is 3.45. The van der Waals surface area contributed by atoms with Crippen LogP contribution in [0.1, 0.15) is 26.2 Å². The average Bonchev–Trinajstić information content (AvgIpc) is 2.44. The molecule has 2 aliphatic carbocycles. The van der Waals surface area contributed by atoms with Gasteiger partial charge in [0.2, 0.25) is 0 Å². The predicted octanol–water partition coefficient (Wildman–Crippen LogP) is 0.949. The smallest absolute Gasteiger partial charge is 0.134 e. The number of fused-ring (bicyclic) bond motifs is 2. The van der Waals surface area contributed by atoms with Crippen molar-refractivity contribution in [1.29, 1.82) is 0 Å². The fourth-order valence-corrected chi connectivity index (χ4v) is 2.94. The van der Waals surface area contributed by atoms with Crippen LogP contribution in [0.2, 0.25) is 0 Å². The SMILES string of the molecule is CC(=O)[C@H]1[C@H]2CC[C@@H](C2)[C@@H]1N. The second-order valence-electron chi connectivity index (χ2n) is 4.05. The predicted molar refractivity (Wildman–Crippen MR) is 43.0 cm³/mol. The van der Waals surface area contributed by atoms with Gasteiger partial charge in [0, 0.05) is 12.0 Å². The van der Waals surface area contributed by atoms with Crippen molar-refractivity contribution in [2.24, 2.45) is 23.5 Å². The third kappa shape index (κ3) is 0.924. The highest BCUT2D eigenvalue weighted by Gasteiger charge is 2.47. The van der Waals surface area contributed by atoms with Crippen LogP contribution in [0.5, 0.6) is 0 Å². The lowest BCUT2D eigenvalue weighted by molar-refractivity contribution is -0.122. The molecular formula is C9H15NO.